The van der Waals surface area contributed by atoms with Crippen LogP contribution >= 0.6 is 11.6 Å². The average molecular weight is 376 g/mol. The maximum atomic E-state index is 14.0. The van der Waals surface area contributed by atoms with Crippen molar-refractivity contribution in [1.29, 1.82) is 0 Å². The van der Waals surface area contributed by atoms with Gasteiger partial charge in [0.1, 0.15) is 17.3 Å². The van der Waals surface area contributed by atoms with Gasteiger partial charge >= 0.3 is 5.97 Å². The molecule has 1 aromatic heterocycles. The number of carboxylic acid groups (broad SMARTS) is 1. The van der Waals surface area contributed by atoms with Crippen molar-refractivity contribution < 1.29 is 18.7 Å². The van der Waals surface area contributed by atoms with Crippen molar-refractivity contribution in [3.05, 3.63) is 71.4 Å². The van der Waals surface area contributed by atoms with Crippen LogP contribution in [-0.2, 0) is 5.88 Å². The van der Waals surface area contributed by atoms with Crippen LogP contribution in [0.3, 0.4) is 0 Å². The Labute approximate surface area is 152 Å². The number of rotatable bonds is 5. The first-order valence-corrected chi connectivity index (χ1v) is 8.00. The summed E-state index contributed by atoms with van der Waals surface area (Å²) in [6.07, 6.45) is 0. The van der Waals surface area contributed by atoms with E-state index in [1.54, 1.807) is 24.3 Å². The Balaban J connectivity index is 2.05. The summed E-state index contributed by atoms with van der Waals surface area (Å²) in [7, 11) is 0. The molecule has 3 aromatic rings. The first-order chi connectivity index (χ1) is 12.5. The van der Waals surface area contributed by atoms with E-state index in [4.69, 9.17) is 11.6 Å². The van der Waals surface area contributed by atoms with Crippen molar-refractivity contribution in [2.45, 2.75) is 5.88 Å². The van der Waals surface area contributed by atoms with Crippen LogP contribution in [0, 0.1) is 11.6 Å². The lowest BCUT2D eigenvalue weighted by Crippen LogP contribution is -2.08. The Bertz CT molecular complexity index is 945. The molecule has 5 nitrogen and oxygen atoms in total. The summed E-state index contributed by atoms with van der Waals surface area (Å²) in [6.45, 7) is 0. The summed E-state index contributed by atoms with van der Waals surface area (Å²) >= 11 is 5.74. The van der Waals surface area contributed by atoms with E-state index in [2.05, 4.69) is 15.5 Å². The number of carboxylic acids is 1. The zero-order chi connectivity index (χ0) is 18.7. The zero-order valence-electron chi connectivity index (χ0n) is 13.2. The molecule has 0 atom stereocenters. The fraction of sp³-hybridized carbons (Fsp3) is 0.0556. The number of nitrogens with zero attached hydrogens (tertiary/aromatic N) is 2. The van der Waals surface area contributed by atoms with E-state index in [-0.39, 0.29) is 22.6 Å². The molecule has 0 saturated heterocycles. The third kappa shape index (κ3) is 3.62. The van der Waals surface area contributed by atoms with Gasteiger partial charge in [-0.25, -0.2) is 13.6 Å². The van der Waals surface area contributed by atoms with Crippen LogP contribution in [0.1, 0.15) is 16.1 Å². The maximum Gasteiger partial charge on any atom is 0.358 e. The summed E-state index contributed by atoms with van der Waals surface area (Å²) in [4.78, 5) is 11.4. The van der Waals surface area contributed by atoms with Crippen molar-refractivity contribution in [2.24, 2.45) is 0 Å². The lowest BCUT2D eigenvalue weighted by molar-refractivity contribution is 0.0690. The molecule has 1 heterocycles. The quantitative estimate of drug-likeness (QED) is 0.637. The number of hydrogen-bond donors (Lipinski definition) is 2. The summed E-state index contributed by atoms with van der Waals surface area (Å²) in [5, 5.41) is 19.4. The highest BCUT2D eigenvalue weighted by atomic mass is 35.5. The molecule has 8 heteroatoms. The second-order valence-corrected chi connectivity index (χ2v) is 5.62. The minimum absolute atomic E-state index is 0.0591. The lowest BCUT2D eigenvalue weighted by atomic mass is 10.1. The number of halogens is 3. The predicted molar refractivity (Wildman–Crippen MR) is 93.6 cm³/mol. The van der Waals surface area contributed by atoms with E-state index >= 15 is 0 Å². The average Bonchev–Trinajstić information content (AvgIpc) is 2.62. The van der Waals surface area contributed by atoms with E-state index in [9.17, 15) is 18.7 Å². The Kier molecular flexibility index (Phi) is 5.09. The second kappa shape index (κ2) is 7.45. The van der Waals surface area contributed by atoms with Gasteiger partial charge in [0.15, 0.2) is 5.69 Å². The molecule has 3 rings (SSSR count). The number of aromatic nitrogens is 2. The fourth-order valence-electron chi connectivity index (χ4n) is 2.34. The van der Waals surface area contributed by atoms with Crippen LogP contribution in [0.5, 0.6) is 0 Å². The standard InChI is InChI=1S/C18H12ClF2N3O2/c19-9-10-4-6-11(7-5-10)22-15-8-14(23-24-17(15)18(25)26)16-12(20)2-1-3-13(16)21/h1-8H,9H2,(H,22,23)(H,25,26). The van der Waals surface area contributed by atoms with Gasteiger partial charge < -0.3 is 10.4 Å². The predicted octanol–water partition coefficient (Wildman–Crippen LogP) is 4.60. The second-order valence-electron chi connectivity index (χ2n) is 5.35. The van der Waals surface area contributed by atoms with Gasteiger partial charge in [-0.15, -0.1) is 21.8 Å². The number of benzene rings is 2. The van der Waals surface area contributed by atoms with Gasteiger partial charge in [-0.1, -0.05) is 18.2 Å². The number of aromatic carboxylic acids is 1. The van der Waals surface area contributed by atoms with Crippen LogP contribution in [0.2, 0.25) is 0 Å². The molecule has 0 unspecified atom stereocenters. The van der Waals surface area contributed by atoms with E-state index in [1.807, 2.05) is 0 Å². The highest BCUT2D eigenvalue weighted by molar-refractivity contribution is 6.17. The van der Waals surface area contributed by atoms with Crippen LogP contribution < -0.4 is 5.32 Å². The van der Waals surface area contributed by atoms with Crippen LogP contribution in [0.25, 0.3) is 11.3 Å². The van der Waals surface area contributed by atoms with Crippen molar-refractivity contribution in [1.82, 2.24) is 10.2 Å². The van der Waals surface area contributed by atoms with Crippen molar-refractivity contribution >= 4 is 28.9 Å². The third-order valence-corrected chi connectivity index (χ3v) is 3.91. The minimum atomic E-state index is -1.32. The molecule has 2 N–H and O–H groups in total. The van der Waals surface area contributed by atoms with Gasteiger partial charge in [0.2, 0.25) is 0 Å². The molecule has 132 valence electrons. The zero-order valence-corrected chi connectivity index (χ0v) is 14.0. The number of nitrogens with one attached hydrogen (secondary N) is 1. The van der Waals surface area contributed by atoms with E-state index in [0.29, 0.717) is 11.6 Å². The maximum absolute atomic E-state index is 14.0. The fourth-order valence-corrected chi connectivity index (χ4v) is 2.52. The summed E-state index contributed by atoms with van der Waals surface area (Å²) in [5.74, 6) is -2.62. The minimum Gasteiger partial charge on any atom is -0.476 e. The number of alkyl halides is 1. The number of anilines is 2. The first-order valence-electron chi connectivity index (χ1n) is 7.47. The van der Waals surface area contributed by atoms with Crippen LogP contribution in [-0.4, -0.2) is 21.3 Å². The SMILES string of the molecule is O=C(O)c1nnc(-c2c(F)cccc2F)cc1Nc1ccc(CCl)cc1. The monoisotopic (exact) mass is 375 g/mol. The molecule has 0 amide bonds. The number of carbonyl (C=O) groups is 1. The molecular formula is C18H12ClF2N3O2. The Morgan fingerprint density at radius 2 is 1.73 bits per heavy atom. The molecule has 0 fully saturated rings. The molecule has 0 aliphatic rings. The highest BCUT2D eigenvalue weighted by Crippen LogP contribution is 2.28. The molecule has 0 radical (unpaired) electrons. The molecule has 0 aliphatic carbocycles. The van der Waals surface area contributed by atoms with Gasteiger partial charge in [-0.3, -0.25) is 0 Å². The van der Waals surface area contributed by atoms with E-state index in [0.717, 1.165) is 17.7 Å². The smallest absolute Gasteiger partial charge is 0.358 e. The molecule has 0 bridgehead atoms. The first kappa shape index (κ1) is 17.8. The molecule has 0 aliphatic heterocycles. The molecule has 26 heavy (non-hydrogen) atoms. The summed E-state index contributed by atoms with van der Waals surface area (Å²) in [6, 6.07) is 11.6. The van der Waals surface area contributed by atoms with Gasteiger partial charge in [-0.2, -0.15) is 0 Å². The molecule has 0 saturated carbocycles. The van der Waals surface area contributed by atoms with Gasteiger partial charge in [-0.05, 0) is 35.9 Å². The van der Waals surface area contributed by atoms with Gasteiger partial charge in [0.05, 0.1) is 11.3 Å². The van der Waals surface area contributed by atoms with E-state index < -0.39 is 17.6 Å². The van der Waals surface area contributed by atoms with Crippen LogP contribution in [0.15, 0.2) is 48.5 Å². The van der Waals surface area contributed by atoms with Crippen LogP contribution in [0.4, 0.5) is 20.2 Å². The molecule has 0 spiro atoms. The topological polar surface area (TPSA) is 75.1 Å². The van der Waals surface area contributed by atoms with Gasteiger partial charge in [0.25, 0.3) is 0 Å². The largest absolute Gasteiger partial charge is 0.476 e. The lowest BCUT2D eigenvalue weighted by Gasteiger charge is -2.11. The van der Waals surface area contributed by atoms with E-state index in [1.165, 1.54) is 12.1 Å². The molecule has 2 aromatic carbocycles. The van der Waals surface area contributed by atoms with Gasteiger partial charge in [0, 0.05) is 11.6 Å². The van der Waals surface area contributed by atoms with Crippen molar-refractivity contribution in [2.75, 3.05) is 5.32 Å². The Hall–Kier alpha value is -3.06. The summed E-state index contributed by atoms with van der Waals surface area (Å²) < 4.78 is 28.0. The van der Waals surface area contributed by atoms with Crippen molar-refractivity contribution in [3.63, 3.8) is 0 Å². The normalized spacial score (nSPS) is 10.6. The Morgan fingerprint density at radius 3 is 2.31 bits per heavy atom. The van der Waals surface area contributed by atoms with Crippen molar-refractivity contribution in [3.8, 4) is 11.3 Å². The molecular weight excluding hydrogens is 364 g/mol. The highest BCUT2D eigenvalue weighted by Gasteiger charge is 2.19. The third-order valence-electron chi connectivity index (χ3n) is 3.60. The number of hydrogen-bond acceptors (Lipinski definition) is 4. The summed E-state index contributed by atoms with van der Waals surface area (Å²) in [5.41, 5.74) is 0.644. The Morgan fingerprint density at radius 1 is 1.08 bits per heavy atom.